The SMILES string of the molecule is O=C(O)C(O)C(O)C(=O)O.O=C(O)C(O)C(O)C(=O)O.[Na+].[Na+].[Sb].[Sb]. The van der Waals surface area contributed by atoms with Crippen molar-refractivity contribution >= 4 is 72.7 Å². The third-order valence-corrected chi connectivity index (χ3v) is 1.61. The van der Waals surface area contributed by atoms with Gasteiger partial charge < -0.3 is 40.9 Å². The van der Waals surface area contributed by atoms with Crippen LogP contribution in [0.4, 0.5) is 0 Å². The maximum atomic E-state index is 9.77. The van der Waals surface area contributed by atoms with Gasteiger partial charge in [-0.1, -0.05) is 0 Å². The number of rotatable bonds is 6. The topological polar surface area (TPSA) is 230 Å². The van der Waals surface area contributed by atoms with Crippen molar-refractivity contribution in [2.75, 3.05) is 0 Å². The van der Waals surface area contributed by atoms with E-state index >= 15 is 0 Å². The molecule has 4 atom stereocenters. The minimum Gasteiger partial charge on any atom is -0.479 e. The Morgan fingerprint density at radius 2 is 0.542 bits per heavy atom. The van der Waals surface area contributed by atoms with Crippen LogP contribution in [0.2, 0.25) is 0 Å². The fourth-order valence-electron chi connectivity index (χ4n) is 0.540. The summed E-state index contributed by atoms with van der Waals surface area (Å²) in [6.07, 6.45) is -9.06. The van der Waals surface area contributed by atoms with E-state index in [1.807, 2.05) is 0 Å². The molecule has 0 aliphatic heterocycles. The first-order valence-corrected chi connectivity index (χ1v) is 4.57. The van der Waals surface area contributed by atoms with Crippen molar-refractivity contribution in [2.45, 2.75) is 24.4 Å². The van der Waals surface area contributed by atoms with Gasteiger partial charge in [0, 0.05) is 48.9 Å². The predicted octanol–water partition coefficient (Wildman–Crippen LogP) is -11.0. The third kappa shape index (κ3) is 18.2. The number of aliphatic carboxylic acids is 4. The minimum atomic E-state index is -2.27. The Balaban J connectivity index is -0.0000000579. The normalized spacial score (nSPS) is 13.2. The molecule has 0 aromatic carbocycles. The fraction of sp³-hybridized carbons (Fsp3) is 0.500. The summed E-state index contributed by atoms with van der Waals surface area (Å²) >= 11 is 0. The molecule has 8 N–H and O–H groups in total. The molecule has 0 aliphatic rings. The maximum absolute atomic E-state index is 9.77. The summed E-state index contributed by atoms with van der Waals surface area (Å²) in [5.74, 6) is -7.07. The van der Waals surface area contributed by atoms with E-state index in [1.54, 1.807) is 0 Å². The van der Waals surface area contributed by atoms with E-state index in [1.165, 1.54) is 0 Å². The summed E-state index contributed by atoms with van der Waals surface area (Å²) in [7, 11) is 0. The van der Waals surface area contributed by atoms with E-state index in [4.69, 9.17) is 40.9 Å². The summed E-state index contributed by atoms with van der Waals surface area (Å²) in [6.45, 7) is 0. The Morgan fingerprint density at radius 1 is 0.458 bits per heavy atom. The van der Waals surface area contributed by atoms with Gasteiger partial charge in [-0.15, -0.1) is 0 Å². The third-order valence-electron chi connectivity index (χ3n) is 1.61. The molecule has 16 heteroatoms. The number of carbonyl (C=O) groups is 4. The van der Waals surface area contributed by atoms with Crippen LogP contribution in [0.3, 0.4) is 0 Å². The van der Waals surface area contributed by atoms with Crippen molar-refractivity contribution < 1.29 is 119 Å². The van der Waals surface area contributed by atoms with Crippen LogP contribution in [-0.4, -0.2) is 138 Å². The zero-order valence-corrected chi connectivity index (χ0v) is 21.5. The smallest absolute Gasteiger partial charge is 0.479 e. The van der Waals surface area contributed by atoms with Gasteiger partial charge in [0.1, 0.15) is 0 Å². The van der Waals surface area contributed by atoms with Crippen molar-refractivity contribution in [3.05, 3.63) is 0 Å². The second kappa shape index (κ2) is 20.7. The summed E-state index contributed by atoms with van der Waals surface area (Å²) in [5.41, 5.74) is 0. The van der Waals surface area contributed by atoms with Gasteiger partial charge in [-0.25, -0.2) is 19.2 Å². The Morgan fingerprint density at radius 3 is 0.583 bits per heavy atom. The van der Waals surface area contributed by atoms with Crippen LogP contribution < -0.4 is 59.1 Å². The van der Waals surface area contributed by atoms with Gasteiger partial charge in [-0.3, -0.25) is 0 Å². The first-order valence-electron chi connectivity index (χ1n) is 4.57. The van der Waals surface area contributed by atoms with Crippen molar-refractivity contribution in [1.29, 1.82) is 0 Å². The van der Waals surface area contributed by atoms with Crippen LogP contribution in [0, 0.1) is 0 Å². The molecule has 0 fully saturated rings. The van der Waals surface area contributed by atoms with Gasteiger partial charge in [0.25, 0.3) is 0 Å². The molecule has 126 valence electrons. The molecule has 12 nitrogen and oxygen atoms in total. The van der Waals surface area contributed by atoms with Crippen molar-refractivity contribution in [3.63, 3.8) is 0 Å². The van der Waals surface area contributed by atoms with E-state index < -0.39 is 48.3 Å². The first kappa shape index (κ1) is 40.1. The summed E-state index contributed by atoms with van der Waals surface area (Å²) in [6, 6.07) is 0. The zero-order valence-electron chi connectivity index (χ0n) is 12.4. The van der Waals surface area contributed by atoms with Crippen molar-refractivity contribution in [1.82, 2.24) is 0 Å². The minimum absolute atomic E-state index is 0. The number of hydrogen-bond acceptors (Lipinski definition) is 8. The van der Waals surface area contributed by atoms with E-state index in [9.17, 15) is 19.2 Å². The molecule has 6 radical (unpaired) electrons. The molecule has 4 unspecified atom stereocenters. The number of carboxylic acids is 4. The van der Waals surface area contributed by atoms with Gasteiger partial charge in [-0.05, 0) is 0 Å². The maximum Gasteiger partial charge on any atom is 1.00 e. The van der Waals surface area contributed by atoms with E-state index in [0.717, 1.165) is 0 Å². The molecule has 0 saturated carbocycles. The predicted molar refractivity (Wildman–Crippen MR) is 66.1 cm³/mol. The second-order valence-corrected chi connectivity index (χ2v) is 3.13. The Hall–Kier alpha value is 1.36. The quantitative estimate of drug-likeness (QED) is 0.135. The molecule has 0 aromatic heterocycles. The average Bonchev–Trinajstić information content (AvgIpc) is 2.35. The van der Waals surface area contributed by atoms with E-state index in [0.29, 0.717) is 0 Å². The Kier molecular flexibility index (Phi) is 34.6. The molecule has 0 aromatic rings. The Labute approximate surface area is 213 Å². The first-order chi connectivity index (χ1) is 8.93. The monoisotopic (exact) mass is 588 g/mol. The average molecular weight is 590 g/mol. The van der Waals surface area contributed by atoms with Gasteiger partial charge in [0.05, 0.1) is 0 Å². The largest absolute Gasteiger partial charge is 1.00 e. The molecule has 0 bridgehead atoms. The van der Waals surface area contributed by atoms with E-state index in [2.05, 4.69) is 0 Å². The summed E-state index contributed by atoms with van der Waals surface area (Å²) < 4.78 is 0. The zero-order chi connectivity index (χ0) is 16.6. The van der Waals surface area contributed by atoms with Gasteiger partial charge in [0.2, 0.25) is 0 Å². The number of aliphatic hydroxyl groups is 4. The van der Waals surface area contributed by atoms with Gasteiger partial charge in [-0.2, -0.15) is 0 Å². The van der Waals surface area contributed by atoms with Crippen LogP contribution in [0.5, 0.6) is 0 Å². The van der Waals surface area contributed by atoms with Crippen molar-refractivity contribution in [2.24, 2.45) is 0 Å². The van der Waals surface area contributed by atoms with Crippen LogP contribution in [-0.2, 0) is 19.2 Å². The number of aliphatic hydroxyl groups excluding tert-OH is 4. The van der Waals surface area contributed by atoms with Crippen LogP contribution in [0.1, 0.15) is 0 Å². The molecule has 24 heavy (non-hydrogen) atoms. The molecular formula is C8H12Na2O12Sb2+2. The number of hydrogen-bond donors (Lipinski definition) is 8. The van der Waals surface area contributed by atoms with Gasteiger partial charge >= 0.3 is 83.0 Å². The summed E-state index contributed by atoms with van der Waals surface area (Å²) in [4.78, 5) is 39.1. The summed E-state index contributed by atoms with van der Waals surface area (Å²) in [5, 5.41) is 65.1. The number of carboxylic acid groups (broad SMARTS) is 4. The van der Waals surface area contributed by atoms with Crippen LogP contribution in [0.25, 0.3) is 0 Å². The second-order valence-electron chi connectivity index (χ2n) is 3.13. The van der Waals surface area contributed by atoms with Crippen LogP contribution >= 0.6 is 0 Å². The molecule has 0 aliphatic carbocycles. The Bertz CT molecular complexity index is 323. The molecule has 0 spiro atoms. The standard InChI is InChI=1S/2C4H6O6.2Na.2Sb/c2*5-1(3(7)8)2(6)4(9)10;;;;/h2*1-2,5-6H,(H,7,8)(H,9,10);;;;/q;;2*+1;;. The van der Waals surface area contributed by atoms with Crippen molar-refractivity contribution in [3.8, 4) is 0 Å². The molecular weight excluding hydrogens is 578 g/mol. The van der Waals surface area contributed by atoms with Crippen LogP contribution in [0.15, 0.2) is 0 Å². The fourth-order valence-corrected chi connectivity index (χ4v) is 0.540. The molecule has 0 amide bonds. The van der Waals surface area contributed by atoms with Gasteiger partial charge in [0.15, 0.2) is 24.4 Å². The molecule has 0 saturated heterocycles. The van der Waals surface area contributed by atoms with E-state index in [-0.39, 0.29) is 108 Å². The molecule has 0 heterocycles. The molecule has 0 rings (SSSR count).